The highest BCUT2D eigenvalue weighted by Crippen LogP contribution is 2.46. The van der Waals surface area contributed by atoms with Gasteiger partial charge in [0.1, 0.15) is 0 Å². The van der Waals surface area contributed by atoms with Gasteiger partial charge in [-0.1, -0.05) is 43.5 Å². The third kappa shape index (κ3) is 2.53. The Hall–Kier alpha value is -0.820. The smallest absolute Gasteiger partial charge is 0.0167 e. The Labute approximate surface area is 124 Å². The molecule has 0 spiro atoms. The molecule has 2 aliphatic rings. The zero-order valence-corrected chi connectivity index (χ0v) is 13.4. The topological polar surface area (TPSA) is 3.24 Å². The van der Waals surface area contributed by atoms with Gasteiger partial charge in [0.15, 0.2) is 0 Å². The third-order valence-electron chi connectivity index (χ3n) is 5.59. The predicted octanol–water partition coefficient (Wildman–Crippen LogP) is 4.54. The van der Waals surface area contributed by atoms with Crippen LogP contribution in [-0.4, -0.2) is 24.5 Å². The molecule has 3 atom stereocenters. The Bertz CT molecular complexity index is 465. The van der Waals surface area contributed by atoms with Crippen LogP contribution in [0.1, 0.15) is 61.6 Å². The van der Waals surface area contributed by atoms with Gasteiger partial charge >= 0.3 is 0 Å². The van der Waals surface area contributed by atoms with Crippen LogP contribution in [0.15, 0.2) is 18.2 Å². The summed E-state index contributed by atoms with van der Waals surface area (Å²) < 4.78 is 0. The maximum Gasteiger partial charge on any atom is 0.0167 e. The van der Waals surface area contributed by atoms with Crippen LogP contribution in [0.2, 0.25) is 0 Å². The minimum Gasteiger partial charge on any atom is -0.303 e. The van der Waals surface area contributed by atoms with E-state index >= 15 is 0 Å². The largest absolute Gasteiger partial charge is 0.303 e. The van der Waals surface area contributed by atoms with E-state index in [4.69, 9.17) is 0 Å². The lowest BCUT2D eigenvalue weighted by molar-refractivity contribution is 0.115. The molecule has 0 bridgehead atoms. The maximum absolute atomic E-state index is 2.64. The van der Waals surface area contributed by atoms with E-state index < -0.39 is 0 Å². The lowest BCUT2D eigenvalue weighted by Crippen LogP contribution is -2.46. The monoisotopic (exact) mass is 271 g/mol. The van der Waals surface area contributed by atoms with Crippen LogP contribution >= 0.6 is 0 Å². The van der Waals surface area contributed by atoms with Crippen molar-refractivity contribution in [2.45, 2.75) is 64.3 Å². The molecule has 2 aliphatic carbocycles. The van der Waals surface area contributed by atoms with Gasteiger partial charge in [-0.25, -0.2) is 0 Å². The lowest BCUT2D eigenvalue weighted by atomic mass is 9.65. The average molecular weight is 271 g/mol. The van der Waals surface area contributed by atoms with Crippen LogP contribution < -0.4 is 0 Å². The first-order chi connectivity index (χ1) is 9.70. The zero-order valence-electron chi connectivity index (χ0n) is 13.4. The van der Waals surface area contributed by atoms with Crippen molar-refractivity contribution in [3.63, 3.8) is 0 Å². The molecular formula is C19H29N. The summed E-state index contributed by atoms with van der Waals surface area (Å²) in [6, 6.07) is 7.96. The van der Waals surface area contributed by atoms with Crippen molar-refractivity contribution >= 4 is 0 Å². The Kier molecular flexibility index (Phi) is 4.16. The Morgan fingerprint density at radius 3 is 2.80 bits per heavy atom. The SMILES string of the molecule is CCCN(C)[C@H]1Cc2ccc(C)cc2C2CCCCC21. The second kappa shape index (κ2) is 5.89. The highest BCUT2D eigenvalue weighted by Gasteiger charge is 2.39. The van der Waals surface area contributed by atoms with Crippen molar-refractivity contribution in [2.75, 3.05) is 13.6 Å². The molecule has 0 N–H and O–H groups in total. The molecule has 0 aromatic heterocycles. The molecule has 110 valence electrons. The molecule has 2 unspecified atom stereocenters. The molecule has 1 nitrogen and oxygen atoms in total. The fourth-order valence-corrected chi connectivity index (χ4v) is 4.63. The normalized spacial score (nSPS) is 29.1. The molecule has 3 rings (SSSR count). The van der Waals surface area contributed by atoms with Crippen LogP contribution in [0.25, 0.3) is 0 Å². The molecule has 1 heteroatoms. The molecule has 1 aromatic carbocycles. The van der Waals surface area contributed by atoms with Gasteiger partial charge in [0, 0.05) is 6.04 Å². The summed E-state index contributed by atoms with van der Waals surface area (Å²) in [6.07, 6.45) is 8.27. The van der Waals surface area contributed by atoms with Crippen molar-refractivity contribution in [1.29, 1.82) is 0 Å². The molecule has 0 radical (unpaired) electrons. The van der Waals surface area contributed by atoms with Gasteiger partial charge in [-0.3, -0.25) is 0 Å². The first-order valence-corrected chi connectivity index (χ1v) is 8.50. The first-order valence-electron chi connectivity index (χ1n) is 8.50. The second-order valence-electron chi connectivity index (χ2n) is 7.01. The Morgan fingerprint density at radius 1 is 1.20 bits per heavy atom. The van der Waals surface area contributed by atoms with Crippen LogP contribution in [0.4, 0.5) is 0 Å². The summed E-state index contributed by atoms with van der Waals surface area (Å²) in [6.45, 7) is 5.79. The average Bonchev–Trinajstić information content (AvgIpc) is 2.47. The van der Waals surface area contributed by atoms with Gasteiger partial charge < -0.3 is 4.90 Å². The highest BCUT2D eigenvalue weighted by atomic mass is 15.1. The van der Waals surface area contributed by atoms with Gasteiger partial charge in [0.05, 0.1) is 0 Å². The molecule has 20 heavy (non-hydrogen) atoms. The molecule has 0 aliphatic heterocycles. The number of likely N-dealkylation sites (N-methyl/N-ethyl adjacent to an activating group) is 1. The van der Waals surface area contributed by atoms with E-state index in [0.717, 1.165) is 17.9 Å². The van der Waals surface area contributed by atoms with E-state index in [1.54, 1.807) is 11.1 Å². The Balaban J connectivity index is 1.94. The van der Waals surface area contributed by atoms with E-state index in [1.165, 1.54) is 50.6 Å². The summed E-state index contributed by atoms with van der Waals surface area (Å²) in [7, 11) is 2.35. The highest BCUT2D eigenvalue weighted by molar-refractivity contribution is 5.38. The number of hydrogen-bond donors (Lipinski definition) is 0. The standard InChI is InChI=1S/C19H29N/c1-4-11-20(3)19-13-15-10-9-14(2)12-18(15)16-7-5-6-8-17(16)19/h9-10,12,16-17,19H,4-8,11,13H2,1-3H3/t16?,17?,19-/m0/s1. The summed E-state index contributed by atoms with van der Waals surface area (Å²) >= 11 is 0. The molecule has 1 aromatic rings. The number of benzene rings is 1. The number of fused-ring (bicyclic) bond motifs is 3. The molecule has 1 fully saturated rings. The summed E-state index contributed by atoms with van der Waals surface area (Å²) in [5, 5.41) is 0. The minimum absolute atomic E-state index is 0.774. The van der Waals surface area contributed by atoms with Crippen molar-refractivity contribution in [2.24, 2.45) is 5.92 Å². The van der Waals surface area contributed by atoms with Gasteiger partial charge in [-0.2, -0.15) is 0 Å². The summed E-state index contributed by atoms with van der Waals surface area (Å²) in [5.74, 6) is 1.73. The van der Waals surface area contributed by atoms with Crippen molar-refractivity contribution in [1.82, 2.24) is 4.90 Å². The molecule has 0 amide bonds. The van der Waals surface area contributed by atoms with Crippen molar-refractivity contribution in [3.05, 3.63) is 34.9 Å². The van der Waals surface area contributed by atoms with E-state index in [-0.39, 0.29) is 0 Å². The van der Waals surface area contributed by atoms with Crippen molar-refractivity contribution < 1.29 is 0 Å². The van der Waals surface area contributed by atoms with Crippen molar-refractivity contribution in [3.8, 4) is 0 Å². The van der Waals surface area contributed by atoms with E-state index in [0.29, 0.717) is 0 Å². The number of nitrogens with zero attached hydrogens (tertiary/aromatic N) is 1. The Morgan fingerprint density at radius 2 is 2.00 bits per heavy atom. The number of aryl methyl sites for hydroxylation is 1. The maximum atomic E-state index is 2.64. The van der Waals surface area contributed by atoms with Crippen LogP contribution in [0, 0.1) is 12.8 Å². The number of rotatable bonds is 3. The van der Waals surface area contributed by atoms with E-state index in [2.05, 4.69) is 44.0 Å². The quantitative estimate of drug-likeness (QED) is 0.780. The molecule has 0 saturated heterocycles. The molecule has 1 saturated carbocycles. The van der Waals surface area contributed by atoms with Crippen LogP contribution in [-0.2, 0) is 6.42 Å². The lowest BCUT2D eigenvalue weighted by Gasteiger charge is -2.46. The first kappa shape index (κ1) is 14.1. The fourth-order valence-electron chi connectivity index (χ4n) is 4.63. The van der Waals surface area contributed by atoms with E-state index in [1.807, 2.05) is 0 Å². The molecular weight excluding hydrogens is 242 g/mol. The second-order valence-corrected chi connectivity index (χ2v) is 7.01. The van der Waals surface area contributed by atoms with Crippen LogP contribution in [0.3, 0.4) is 0 Å². The predicted molar refractivity (Wildman–Crippen MR) is 86.3 cm³/mol. The minimum atomic E-state index is 0.774. The van der Waals surface area contributed by atoms with Gasteiger partial charge in [0.25, 0.3) is 0 Å². The number of hydrogen-bond acceptors (Lipinski definition) is 1. The van der Waals surface area contributed by atoms with Gasteiger partial charge in [-0.05, 0) is 69.2 Å². The van der Waals surface area contributed by atoms with Crippen LogP contribution in [0.5, 0.6) is 0 Å². The van der Waals surface area contributed by atoms with Gasteiger partial charge in [-0.15, -0.1) is 0 Å². The van der Waals surface area contributed by atoms with Gasteiger partial charge in [0.2, 0.25) is 0 Å². The summed E-state index contributed by atoms with van der Waals surface area (Å²) in [4.78, 5) is 2.64. The fraction of sp³-hybridized carbons (Fsp3) is 0.684. The zero-order chi connectivity index (χ0) is 14.1. The summed E-state index contributed by atoms with van der Waals surface area (Å²) in [5.41, 5.74) is 4.76. The molecule has 0 heterocycles. The van der Waals surface area contributed by atoms with E-state index in [9.17, 15) is 0 Å². The third-order valence-corrected chi connectivity index (χ3v) is 5.59.